The van der Waals surface area contributed by atoms with Gasteiger partial charge in [-0.05, 0) is 48.6 Å². The molecule has 0 spiro atoms. The number of benzene rings is 1. The average Bonchev–Trinajstić information content (AvgIpc) is 2.59. The second kappa shape index (κ2) is 8.00. The molecule has 26 heavy (non-hydrogen) atoms. The lowest BCUT2D eigenvalue weighted by Crippen LogP contribution is -2.11. The van der Waals surface area contributed by atoms with E-state index in [0.717, 1.165) is 12.0 Å². The first kappa shape index (κ1) is 18.6. The zero-order valence-corrected chi connectivity index (χ0v) is 15.9. The van der Waals surface area contributed by atoms with Gasteiger partial charge in [0.15, 0.2) is 5.75 Å². The standard InChI is InChI=1S/C21H22ClFN2O/c1-13(2)8-14(3)12-26-21-11-25-20(10-18(21)22)16-6-7-24-19-5-4-15(23)9-17(16)19/h4-7,9-11,13-14H,8,12H2,1-3H3. The molecular formula is C21H22ClFN2O. The highest BCUT2D eigenvalue weighted by Gasteiger charge is 2.12. The second-order valence-electron chi connectivity index (χ2n) is 7.07. The fourth-order valence-corrected chi connectivity index (χ4v) is 3.33. The third-order valence-corrected chi connectivity index (χ3v) is 4.49. The molecule has 3 rings (SSSR count). The zero-order valence-electron chi connectivity index (χ0n) is 15.2. The van der Waals surface area contributed by atoms with Crippen LogP contribution in [0.3, 0.4) is 0 Å². The number of nitrogens with zero attached hydrogens (tertiary/aromatic N) is 2. The Labute approximate surface area is 158 Å². The van der Waals surface area contributed by atoms with E-state index in [1.807, 2.05) is 6.07 Å². The van der Waals surface area contributed by atoms with Crippen LogP contribution < -0.4 is 4.74 Å². The molecule has 0 saturated heterocycles. The van der Waals surface area contributed by atoms with Crippen molar-refractivity contribution in [3.05, 3.63) is 53.6 Å². The molecule has 0 aliphatic rings. The Morgan fingerprint density at radius 2 is 1.92 bits per heavy atom. The molecular weight excluding hydrogens is 351 g/mol. The summed E-state index contributed by atoms with van der Waals surface area (Å²) in [6, 6.07) is 8.08. The van der Waals surface area contributed by atoms with Crippen molar-refractivity contribution in [3.63, 3.8) is 0 Å². The summed E-state index contributed by atoms with van der Waals surface area (Å²) in [5.41, 5.74) is 2.16. The van der Waals surface area contributed by atoms with E-state index in [2.05, 4.69) is 30.7 Å². The Kier molecular flexibility index (Phi) is 5.72. The summed E-state index contributed by atoms with van der Waals surface area (Å²) >= 11 is 6.40. The molecule has 1 atom stereocenters. The number of pyridine rings is 2. The number of hydrogen-bond acceptors (Lipinski definition) is 3. The molecule has 2 heterocycles. The fraction of sp³-hybridized carbons (Fsp3) is 0.333. The van der Waals surface area contributed by atoms with Gasteiger partial charge < -0.3 is 4.74 Å². The maximum atomic E-state index is 13.6. The Hall–Kier alpha value is -2.20. The predicted molar refractivity (Wildman–Crippen MR) is 104 cm³/mol. The van der Waals surface area contributed by atoms with Crippen molar-refractivity contribution in [3.8, 4) is 17.0 Å². The van der Waals surface area contributed by atoms with E-state index in [1.165, 1.54) is 12.1 Å². The first-order valence-electron chi connectivity index (χ1n) is 8.77. The molecule has 0 N–H and O–H groups in total. The molecule has 0 aliphatic carbocycles. The minimum Gasteiger partial charge on any atom is -0.490 e. The largest absolute Gasteiger partial charge is 0.490 e. The lowest BCUT2D eigenvalue weighted by atomic mass is 10.00. The van der Waals surface area contributed by atoms with Gasteiger partial charge in [0.1, 0.15) is 5.82 Å². The number of fused-ring (bicyclic) bond motifs is 1. The average molecular weight is 373 g/mol. The summed E-state index contributed by atoms with van der Waals surface area (Å²) in [5, 5.41) is 1.20. The molecule has 2 aromatic heterocycles. The monoisotopic (exact) mass is 372 g/mol. The Morgan fingerprint density at radius 1 is 1.12 bits per heavy atom. The predicted octanol–water partition coefficient (Wildman–Crippen LogP) is 6.15. The van der Waals surface area contributed by atoms with E-state index in [4.69, 9.17) is 16.3 Å². The molecule has 136 valence electrons. The van der Waals surface area contributed by atoms with Gasteiger partial charge in [0.25, 0.3) is 0 Å². The first-order chi connectivity index (χ1) is 12.4. The van der Waals surface area contributed by atoms with Crippen molar-refractivity contribution in [2.24, 2.45) is 11.8 Å². The highest BCUT2D eigenvalue weighted by atomic mass is 35.5. The molecule has 1 aromatic carbocycles. The quantitative estimate of drug-likeness (QED) is 0.520. The van der Waals surface area contributed by atoms with Crippen LogP contribution in [0.1, 0.15) is 27.2 Å². The van der Waals surface area contributed by atoms with Crippen LogP contribution in [0.15, 0.2) is 42.7 Å². The van der Waals surface area contributed by atoms with Crippen LogP contribution in [0.2, 0.25) is 5.02 Å². The van der Waals surface area contributed by atoms with Crippen LogP contribution in [0.5, 0.6) is 5.75 Å². The minimum absolute atomic E-state index is 0.308. The molecule has 0 radical (unpaired) electrons. The van der Waals surface area contributed by atoms with Crippen LogP contribution >= 0.6 is 11.6 Å². The van der Waals surface area contributed by atoms with Crippen molar-refractivity contribution in [1.29, 1.82) is 0 Å². The highest BCUT2D eigenvalue weighted by molar-refractivity contribution is 6.32. The third kappa shape index (κ3) is 4.31. The van der Waals surface area contributed by atoms with Crippen molar-refractivity contribution < 1.29 is 9.13 Å². The van der Waals surface area contributed by atoms with Crippen LogP contribution in [0, 0.1) is 17.7 Å². The number of aromatic nitrogens is 2. The summed E-state index contributed by atoms with van der Waals surface area (Å²) in [5.74, 6) is 1.33. The zero-order chi connectivity index (χ0) is 18.7. The van der Waals surface area contributed by atoms with Crippen molar-refractivity contribution in [2.75, 3.05) is 6.61 Å². The molecule has 3 aromatic rings. The van der Waals surface area contributed by atoms with E-state index in [0.29, 0.717) is 45.8 Å². The molecule has 0 amide bonds. The van der Waals surface area contributed by atoms with E-state index in [1.54, 1.807) is 24.5 Å². The van der Waals surface area contributed by atoms with Gasteiger partial charge in [-0.2, -0.15) is 0 Å². The van der Waals surface area contributed by atoms with E-state index in [9.17, 15) is 4.39 Å². The van der Waals surface area contributed by atoms with Gasteiger partial charge >= 0.3 is 0 Å². The van der Waals surface area contributed by atoms with E-state index in [-0.39, 0.29) is 5.82 Å². The maximum absolute atomic E-state index is 13.6. The van der Waals surface area contributed by atoms with Crippen molar-refractivity contribution >= 4 is 22.5 Å². The van der Waals surface area contributed by atoms with Gasteiger partial charge in [-0.15, -0.1) is 0 Å². The highest BCUT2D eigenvalue weighted by Crippen LogP contribution is 2.32. The molecule has 0 fully saturated rings. The summed E-state index contributed by atoms with van der Waals surface area (Å²) in [6.07, 6.45) is 4.41. The van der Waals surface area contributed by atoms with Gasteiger partial charge in [0.2, 0.25) is 0 Å². The molecule has 0 bridgehead atoms. The SMILES string of the molecule is CC(C)CC(C)COc1cnc(-c2ccnc3ccc(F)cc23)cc1Cl. The molecule has 1 unspecified atom stereocenters. The maximum Gasteiger partial charge on any atom is 0.156 e. The van der Waals surface area contributed by atoms with Crippen molar-refractivity contribution in [1.82, 2.24) is 9.97 Å². The van der Waals surface area contributed by atoms with Crippen molar-refractivity contribution in [2.45, 2.75) is 27.2 Å². The van der Waals surface area contributed by atoms with Gasteiger partial charge in [-0.3, -0.25) is 9.97 Å². The van der Waals surface area contributed by atoms with Crippen LogP contribution in [-0.2, 0) is 0 Å². The summed E-state index contributed by atoms with van der Waals surface area (Å²) in [7, 11) is 0. The van der Waals surface area contributed by atoms with E-state index >= 15 is 0 Å². The number of halogens is 2. The number of ether oxygens (including phenoxy) is 1. The fourth-order valence-electron chi connectivity index (χ4n) is 3.12. The molecule has 5 heteroatoms. The van der Waals surface area contributed by atoms with Crippen LogP contribution in [-0.4, -0.2) is 16.6 Å². The van der Waals surface area contributed by atoms with Gasteiger partial charge in [0.05, 0.1) is 29.0 Å². The Balaban J connectivity index is 1.85. The van der Waals surface area contributed by atoms with Gasteiger partial charge in [-0.25, -0.2) is 4.39 Å². The smallest absolute Gasteiger partial charge is 0.156 e. The first-order valence-corrected chi connectivity index (χ1v) is 9.15. The second-order valence-corrected chi connectivity index (χ2v) is 7.47. The molecule has 3 nitrogen and oxygen atoms in total. The molecule has 0 saturated carbocycles. The summed E-state index contributed by atoms with van der Waals surface area (Å²) in [4.78, 5) is 8.74. The van der Waals surface area contributed by atoms with Gasteiger partial charge in [0, 0.05) is 17.1 Å². The van der Waals surface area contributed by atoms with Crippen LogP contribution in [0.25, 0.3) is 22.2 Å². The topological polar surface area (TPSA) is 35.0 Å². The Bertz CT molecular complexity index is 914. The summed E-state index contributed by atoms with van der Waals surface area (Å²) < 4.78 is 19.5. The number of rotatable bonds is 6. The minimum atomic E-state index is -0.308. The molecule has 0 aliphatic heterocycles. The lowest BCUT2D eigenvalue weighted by Gasteiger charge is -2.16. The van der Waals surface area contributed by atoms with Crippen LogP contribution in [0.4, 0.5) is 4.39 Å². The normalized spacial score (nSPS) is 12.5. The summed E-state index contributed by atoms with van der Waals surface area (Å²) in [6.45, 7) is 7.15. The Morgan fingerprint density at radius 3 is 2.65 bits per heavy atom. The third-order valence-electron chi connectivity index (χ3n) is 4.20. The van der Waals surface area contributed by atoms with Gasteiger partial charge in [-0.1, -0.05) is 32.4 Å². The lowest BCUT2D eigenvalue weighted by molar-refractivity contribution is 0.238. The number of hydrogen-bond donors (Lipinski definition) is 0. The van der Waals surface area contributed by atoms with E-state index < -0.39 is 0 Å².